The fourth-order valence-electron chi connectivity index (χ4n) is 8.90. The predicted molar refractivity (Wildman–Crippen MR) is 287 cm³/mol. The summed E-state index contributed by atoms with van der Waals surface area (Å²) in [6.07, 6.45) is 6.94. The summed E-state index contributed by atoms with van der Waals surface area (Å²) in [4.78, 5) is 43.6. The minimum Gasteiger partial charge on any atom is -0.394 e. The largest absolute Gasteiger partial charge is 0.394 e. The first-order chi connectivity index (χ1) is 34.9. The summed E-state index contributed by atoms with van der Waals surface area (Å²) in [6, 6.07) is 30.3. The Labute approximate surface area is 426 Å². The number of pyridine rings is 4. The maximum Gasteiger partial charge on any atom is 0.255 e. The number of anilines is 4. The van der Waals surface area contributed by atoms with Crippen molar-refractivity contribution in [2.24, 2.45) is 14.1 Å². The number of aliphatic hydroxyl groups is 2. The molecule has 4 atom stereocenters. The number of nitrogens with one attached hydrogen (secondary N) is 4. The van der Waals surface area contributed by atoms with E-state index in [1.54, 1.807) is 60.4 Å². The molecule has 2 aliphatic heterocycles. The summed E-state index contributed by atoms with van der Waals surface area (Å²) in [6.45, 7) is 7.84. The van der Waals surface area contributed by atoms with E-state index in [-0.39, 0.29) is 47.6 Å². The van der Waals surface area contributed by atoms with Gasteiger partial charge in [0.2, 0.25) is 0 Å². The molecule has 10 rings (SSSR count). The molecule has 8 heterocycles. The summed E-state index contributed by atoms with van der Waals surface area (Å²) in [5.41, 5.74) is 13.6. The molecule has 0 saturated carbocycles. The van der Waals surface area contributed by atoms with Gasteiger partial charge < -0.3 is 31.5 Å². The van der Waals surface area contributed by atoms with Crippen molar-refractivity contribution in [3.63, 3.8) is 0 Å². The number of benzene rings is 2. The van der Waals surface area contributed by atoms with Crippen molar-refractivity contribution in [3.05, 3.63) is 178 Å². The molecule has 2 aliphatic rings. The van der Waals surface area contributed by atoms with Crippen LogP contribution >= 0.6 is 23.5 Å². The van der Waals surface area contributed by atoms with Gasteiger partial charge in [0.1, 0.15) is 23.0 Å². The average Bonchev–Trinajstić information content (AvgIpc) is 3.71. The van der Waals surface area contributed by atoms with Crippen LogP contribution in [0.5, 0.6) is 0 Å². The number of nitrogens with zero attached hydrogens (tertiary/aromatic N) is 8. The zero-order valence-electron chi connectivity index (χ0n) is 40.8. The standard InChI is InChI=1S/2C27H28N6O2S/c2*1-16-13-18(27(35)31-21-8-6-12-28-17(21)2)9-10-20(16)25-23-24(22-7-4-5-11-29-22)32-33(3)26(23)30-19(14-34)15-36-25/h2*4-13,19,25,30,34H,14-15H2,1-3H3,(H,31,35)/t2*19-,25+/m10/s1. The van der Waals surface area contributed by atoms with Crippen molar-refractivity contribution in [1.82, 2.24) is 39.5 Å². The van der Waals surface area contributed by atoms with Crippen molar-refractivity contribution >= 4 is 58.3 Å². The second-order valence-electron chi connectivity index (χ2n) is 17.7. The van der Waals surface area contributed by atoms with Gasteiger partial charge in [0, 0.05) is 72.6 Å². The molecule has 0 radical (unpaired) electrons. The lowest BCUT2D eigenvalue weighted by Crippen LogP contribution is -2.26. The van der Waals surface area contributed by atoms with Crippen LogP contribution in [0.3, 0.4) is 0 Å². The van der Waals surface area contributed by atoms with Crippen LogP contribution in [0, 0.1) is 27.7 Å². The maximum atomic E-state index is 13.0. The lowest BCUT2D eigenvalue weighted by molar-refractivity contribution is 0.101. The molecule has 72 heavy (non-hydrogen) atoms. The van der Waals surface area contributed by atoms with Crippen molar-refractivity contribution in [2.45, 2.75) is 50.3 Å². The van der Waals surface area contributed by atoms with E-state index in [1.165, 1.54) is 0 Å². The Morgan fingerprint density at radius 3 is 1.36 bits per heavy atom. The van der Waals surface area contributed by atoms with Crippen LogP contribution in [0.1, 0.15) is 76.0 Å². The normalized spacial score (nSPS) is 17.1. The molecule has 0 spiro atoms. The van der Waals surface area contributed by atoms with Crippen LogP contribution in [-0.4, -0.2) is 98.3 Å². The van der Waals surface area contributed by atoms with E-state index in [9.17, 15) is 19.8 Å². The van der Waals surface area contributed by atoms with E-state index in [0.29, 0.717) is 22.5 Å². The Morgan fingerprint density at radius 2 is 1.00 bits per heavy atom. The molecule has 6 N–H and O–H groups in total. The molecule has 0 bridgehead atoms. The van der Waals surface area contributed by atoms with Gasteiger partial charge in [0.05, 0.1) is 69.9 Å². The van der Waals surface area contributed by atoms with Crippen LogP contribution in [0.25, 0.3) is 22.8 Å². The highest BCUT2D eigenvalue weighted by Gasteiger charge is 2.35. The van der Waals surface area contributed by atoms with Crippen LogP contribution < -0.4 is 21.3 Å². The van der Waals surface area contributed by atoms with Crippen LogP contribution in [0.4, 0.5) is 23.0 Å². The van der Waals surface area contributed by atoms with E-state index in [0.717, 1.165) is 90.7 Å². The smallest absolute Gasteiger partial charge is 0.255 e. The molecule has 0 unspecified atom stereocenters. The highest BCUT2D eigenvalue weighted by atomic mass is 32.2. The number of carbonyl (C=O) groups excluding carboxylic acids is 2. The van der Waals surface area contributed by atoms with Gasteiger partial charge in [-0.1, -0.05) is 24.3 Å². The summed E-state index contributed by atoms with van der Waals surface area (Å²) >= 11 is 3.51. The number of aryl methyl sites for hydroxylation is 6. The SMILES string of the molecule is Cc1cc(C(=O)Nc2cccnc2C)ccc1[C@@H]1SC[C@@H](CO)Nc2c1c(-c1ccccn1)nn2C.Cc1cc(C(=O)Nc2cccnc2C)ccc1[C@H]1SC[C@H](CO)Nc2c1c(-c1ccccn1)nn2C. The van der Waals surface area contributed by atoms with Crippen molar-refractivity contribution in [3.8, 4) is 22.8 Å². The minimum absolute atomic E-state index is 0.0229. The van der Waals surface area contributed by atoms with Gasteiger partial charge in [0.25, 0.3) is 11.8 Å². The Balaban J connectivity index is 0.000000178. The highest BCUT2D eigenvalue weighted by molar-refractivity contribution is 8.00. The number of aliphatic hydroxyl groups excluding tert-OH is 2. The molecule has 0 saturated heterocycles. The van der Waals surface area contributed by atoms with Crippen molar-refractivity contribution < 1.29 is 19.8 Å². The molecule has 18 heteroatoms. The number of amides is 2. The van der Waals surface area contributed by atoms with E-state index < -0.39 is 0 Å². The lowest BCUT2D eigenvalue weighted by atomic mass is 9.96. The summed E-state index contributed by atoms with van der Waals surface area (Å²) in [7, 11) is 3.81. The summed E-state index contributed by atoms with van der Waals surface area (Å²) in [5, 5.41) is 42.3. The summed E-state index contributed by atoms with van der Waals surface area (Å²) < 4.78 is 3.66. The van der Waals surface area contributed by atoms with E-state index in [1.807, 2.05) is 136 Å². The molecule has 0 fully saturated rings. The van der Waals surface area contributed by atoms with E-state index in [4.69, 9.17) is 10.2 Å². The number of fused-ring (bicyclic) bond motifs is 2. The molecule has 2 aromatic carbocycles. The number of hydrogen-bond donors (Lipinski definition) is 6. The fourth-order valence-corrected chi connectivity index (χ4v) is 11.8. The molecular weight excluding hydrogens is 945 g/mol. The Morgan fingerprint density at radius 1 is 0.583 bits per heavy atom. The number of carbonyl (C=O) groups is 2. The first-order valence-electron chi connectivity index (χ1n) is 23.5. The van der Waals surface area contributed by atoms with Crippen molar-refractivity contribution in [1.29, 1.82) is 0 Å². The van der Waals surface area contributed by atoms with Gasteiger partial charge in [-0.15, -0.1) is 23.5 Å². The number of thioether (sulfide) groups is 2. The van der Waals surface area contributed by atoms with Gasteiger partial charge in [-0.3, -0.25) is 38.9 Å². The number of aromatic nitrogens is 8. The first kappa shape index (κ1) is 49.6. The van der Waals surface area contributed by atoms with Crippen LogP contribution in [0.15, 0.2) is 122 Å². The molecule has 368 valence electrons. The van der Waals surface area contributed by atoms with Gasteiger partial charge in [0.15, 0.2) is 0 Å². The van der Waals surface area contributed by atoms with Crippen LogP contribution in [0.2, 0.25) is 0 Å². The number of hydrogen-bond acceptors (Lipinski definition) is 14. The zero-order valence-corrected chi connectivity index (χ0v) is 42.4. The molecule has 0 aliphatic carbocycles. The molecule has 16 nitrogen and oxygen atoms in total. The molecule has 8 aromatic rings. The minimum atomic E-state index is -0.174. The zero-order chi connectivity index (χ0) is 50.5. The third-order valence-corrected chi connectivity index (χ3v) is 15.5. The Hall–Kier alpha value is -7.38. The number of rotatable bonds is 10. The van der Waals surface area contributed by atoms with Gasteiger partial charge in [-0.2, -0.15) is 10.2 Å². The van der Waals surface area contributed by atoms with Crippen molar-refractivity contribution in [2.75, 3.05) is 46.0 Å². The fraction of sp³-hybridized carbons (Fsp3) is 0.259. The quantitative estimate of drug-likeness (QED) is 0.0758. The van der Waals surface area contributed by atoms with E-state index in [2.05, 4.69) is 41.2 Å². The molecular formula is C54H56N12O4S2. The van der Waals surface area contributed by atoms with Gasteiger partial charge >= 0.3 is 0 Å². The Kier molecular flexibility index (Phi) is 15.1. The van der Waals surface area contributed by atoms with Crippen LogP contribution in [-0.2, 0) is 14.1 Å². The van der Waals surface area contributed by atoms with E-state index >= 15 is 0 Å². The second-order valence-corrected chi connectivity index (χ2v) is 20.0. The average molecular weight is 1000 g/mol. The topological polar surface area (TPSA) is 210 Å². The molecule has 6 aromatic heterocycles. The third kappa shape index (κ3) is 10.5. The predicted octanol–water partition coefficient (Wildman–Crippen LogP) is 8.71. The first-order valence-corrected chi connectivity index (χ1v) is 25.6. The monoisotopic (exact) mass is 1000 g/mol. The lowest BCUT2D eigenvalue weighted by Gasteiger charge is -2.19. The Bertz CT molecular complexity index is 3020. The maximum absolute atomic E-state index is 13.0. The van der Waals surface area contributed by atoms with Gasteiger partial charge in [-0.05, 0) is 123 Å². The highest BCUT2D eigenvalue weighted by Crippen LogP contribution is 2.49. The third-order valence-electron chi connectivity index (χ3n) is 12.7. The summed E-state index contributed by atoms with van der Waals surface area (Å²) in [5.74, 6) is 2.84. The molecule has 2 amide bonds. The second kappa shape index (κ2) is 21.9. The van der Waals surface area contributed by atoms with Gasteiger partial charge in [-0.25, -0.2) is 0 Å².